The van der Waals surface area contributed by atoms with Crippen molar-refractivity contribution in [3.05, 3.63) is 59.7 Å². The lowest BCUT2D eigenvalue weighted by Crippen LogP contribution is -2.34. The number of carbonyl (C=O) groups is 2. The fourth-order valence-corrected chi connectivity index (χ4v) is 3.45. The molecule has 1 fully saturated rings. The maximum absolute atomic E-state index is 12.6. The van der Waals surface area contributed by atoms with Crippen LogP contribution in [0.3, 0.4) is 0 Å². The van der Waals surface area contributed by atoms with Gasteiger partial charge >= 0.3 is 0 Å². The van der Waals surface area contributed by atoms with Crippen molar-refractivity contribution in [1.29, 1.82) is 0 Å². The van der Waals surface area contributed by atoms with E-state index in [-0.39, 0.29) is 11.1 Å². The van der Waals surface area contributed by atoms with Crippen LogP contribution >= 0.6 is 11.8 Å². The van der Waals surface area contributed by atoms with E-state index in [4.69, 9.17) is 0 Å². The molecule has 4 nitrogen and oxygen atoms in total. The molecular formula is C19H20N2O2S. The number of thioether (sulfide) groups is 1. The number of carbonyl (C=O) groups excluding carboxylic acids is 2. The Bertz CT molecular complexity index is 754. The third-order valence-electron chi connectivity index (χ3n) is 4.01. The minimum Gasteiger partial charge on any atom is -0.365 e. The molecular weight excluding hydrogens is 320 g/mol. The molecule has 2 amide bonds. The number of amides is 2. The van der Waals surface area contributed by atoms with Crippen LogP contribution in [0.15, 0.2) is 48.5 Å². The third kappa shape index (κ3) is 3.31. The molecule has 124 valence electrons. The Kier molecular flexibility index (Phi) is 4.62. The summed E-state index contributed by atoms with van der Waals surface area (Å²) in [6.45, 7) is 6.24. The summed E-state index contributed by atoms with van der Waals surface area (Å²) in [6, 6.07) is 15.4. The quantitative estimate of drug-likeness (QED) is 0.872. The monoisotopic (exact) mass is 340 g/mol. The second kappa shape index (κ2) is 6.69. The van der Waals surface area contributed by atoms with Gasteiger partial charge in [0.2, 0.25) is 0 Å². The van der Waals surface area contributed by atoms with Crippen LogP contribution in [0.4, 0.5) is 16.2 Å². The number of nitrogens with zero attached hydrogens (tertiary/aromatic N) is 1. The molecule has 1 saturated heterocycles. The molecule has 1 unspecified atom stereocenters. The van der Waals surface area contributed by atoms with Gasteiger partial charge in [-0.2, -0.15) is 0 Å². The average molecular weight is 340 g/mol. The number of anilines is 2. The Morgan fingerprint density at radius 2 is 1.62 bits per heavy atom. The van der Waals surface area contributed by atoms with E-state index in [1.54, 1.807) is 12.1 Å². The summed E-state index contributed by atoms with van der Waals surface area (Å²) >= 11 is 1.01. The minimum absolute atomic E-state index is 0.234. The lowest BCUT2D eigenvalue weighted by Gasteiger charge is -2.15. The topological polar surface area (TPSA) is 49.4 Å². The first kappa shape index (κ1) is 16.6. The standard InChI is InChI=1S/C19H20N2O2S/c1-12(2)14-6-8-15(9-7-14)20-17-18(22)21(19(23)24-17)16-10-4-13(3)5-11-16/h4-12,17,20H,1-3H3. The maximum Gasteiger partial charge on any atom is 0.295 e. The smallest absolute Gasteiger partial charge is 0.295 e. The molecule has 0 saturated carbocycles. The van der Waals surface area contributed by atoms with Crippen molar-refractivity contribution in [3.63, 3.8) is 0 Å². The van der Waals surface area contributed by atoms with Crippen molar-refractivity contribution >= 4 is 34.3 Å². The molecule has 2 aromatic carbocycles. The van der Waals surface area contributed by atoms with Crippen molar-refractivity contribution in [2.24, 2.45) is 0 Å². The highest BCUT2D eigenvalue weighted by Crippen LogP contribution is 2.32. The predicted octanol–water partition coefficient (Wildman–Crippen LogP) is 4.76. The minimum atomic E-state index is -0.594. The van der Waals surface area contributed by atoms with Crippen LogP contribution < -0.4 is 10.2 Å². The molecule has 0 aromatic heterocycles. The second-order valence-electron chi connectivity index (χ2n) is 6.19. The zero-order chi connectivity index (χ0) is 17.3. The van der Waals surface area contributed by atoms with Crippen LogP contribution in [0.5, 0.6) is 0 Å². The molecule has 0 aliphatic carbocycles. The summed E-state index contributed by atoms with van der Waals surface area (Å²) in [5, 5.41) is 2.31. The van der Waals surface area contributed by atoms with Gasteiger partial charge < -0.3 is 5.32 Å². The fraction of sp³-hybridized carbons (Fsp3) is 0.263. The first-order valence-corrected chi connectivity index (χ1v) is 8.81. The molecule has 3 rings (SSSR count). The van der Waals surface area contributed by atoms with E-state index in [1.807, 2.05) is 43.3 Å². The predicted molar refractivity (Wildman–Crippen MR) is 99.6 cm³/mol. The second-order valence-corrected chi connectivity index (χ2v) is 7.25. The summed E-state index contributed by atoms with van der Waals surface area (Å²) in [6.07, 6.45) is 0. The van der Waals surface area contributed by atoms with Gasteiger partial charge in [0.1, 0.15) is 0 Å². The van der Waals surface area contributed by atoms with E-state index in [9.17, 15) is 9.59 Å². The van der Waals surface area contributed by atoms with Gasteiger partial charge in [-0.3, -0.25) is 9.59 Å². The van der Waals surface area contributed by atoms with Gasteiger partial charge in [0.15, 0.2) is 5.37 Å². The van der Waals surface area contributed by atoms with Gasteiger partial charge in [-0.15, -0.1) is 0 Å². The van der Waals surface area contributed by atoms with Crippen molar-refractivity contribution in [2.75, 3.05) is 10.2 Å². The summed E-state index contributed by atoms with van der Waals surface area (Å²) in [4.78, 5) is 26.1. The van der Waals surface area contributed by atoms with Crippen LogP contribution in [0.1, 0.15) is 30.9 Å². The highest BCUT2D eigenvalue weighted by molar-refractivity contribution is 8.16. The lowest BCUT2D eigenvalue weighted by atomic mass is 10.0. The number of benzene rings is 2. The van der Waals surface area contributed by atoms with Crippen molar-refractivity contribution < 1.29 is 9.59 Å². The molecule has 24 heavy (non-hydrogen) atoms. The molecule has 0 spiro atoms. The van der Waals surface area contributed by atoms with Gasteiger partial charge in [0.05, 0.1) is 5.69 Å². The third-order valence-corrected chi connectivity index (χ3v) is 4.95. The first-order chi connectivity index (χ1) is 11.5. The highest BCUT2D eigenvalue weighted by Gasteiger charge is 2.40. The molecule has 1 N–H and O–H groups in total. The van der Waals surface area contributed by atoms with Gasteiger partial charge in [-0.05, 0) is 54.4 Å². The Morgan fingerprint density at radius 3 is 2.21 bits per heavy atom. The number of rotatable bonds is 4. The fourth-order valence-electron chi connectivity index (χ4n) is 2.54. The number of nitrogens with one attached hydrogen (secondary N) is 1. The van der Waals surface area contributed by atoms with Crippen LogP contribution in [0.25, 0.3) is 0 Å². The molecule has 1 aliphatic rings. The highest BCUT2D eigenvalue weighted by atomic mass is 32.2. The number of imide groups is 1. The van der Waals surface area contributed by atoms with E-state index in [2.05, 4.69) is 19.2 Å². The zero-order valence-corrected chi connectivity index (χ0v) is 14.8. The Balaban J connectivity index is 1.75. The summed E-state index contributed by atoms with van der Waals surface area (Å²) in [5.74, 6) is 0.224. The average Bonchev–Trinajstić information content (AvgIpc) is 2.83. The van der Waals surface area contributed by atoms with Crippen LogP contribution in [0, 0.1) is 6.92 Å². The van der Waals surface area contributed by atoms with Gasteiger partial charge in [0.25, 0.3) is 11.1 Å². The number of hydrogen-bond acceptors (Lipinski definition) is 4. The number of hydrogen-bond donors (Lipinski definition) is 1. The molecule has 1 aliphatic heterocycles. The first-order valence-electron chi connectivity index (χ1n) is 7.93. The van der Waals surface area contributed by atoms with Gasteiger partial charge in [0, 0.05) is 5.69 Å². The summed E-state index contributed by atoms with van der Waals surface area (Å²) in [5.41, 5.74) is 3.78. The lowest BCUT2D eigenvalue weighted by molar-refractivity contribution is -0.116. The molecule has 5 heteroatoms. The molecule has 0 bridgehead atoms. The van der Waals surface area contributed by atoms with E-state index in [0.717, 1.165) is 23.0 Å². The van der Waals surface area contributed by atoms with Crippen LogP contribution in [0.2, 0.25) is 0 Å². The summed E-state index contributed by atoms with van der Waals surface area (Å²) in [7, 11) is 0. The SMILES string of the molecule is Cc1ccc(N2C(=O)SC(Nc3ccc(C(C)C)cc3)C2=O)cc1. The molecule has 0 radical (unpaired) electrons. The molecule has 1 heterocycles. The van der Waals surface area contributed by atoms with E-state index >= 15 is 0 Å². The number of aryl methyl sites for hydroxylation is 1. The molecule has 2 aromatic rings. The summed E-state index contributed by atoms with van der Waals surface area (Å²) < 4.78 is 0. The van der Waals surface area contributed by atoms with E-state index in [1.165, 1.54) is 10.5 Å². The van der Waals surface area contributed by atoms with Crippen molar-refractivity contribution in [2.45, 2.75) is 32.1 Å². The largest absolute Gasteiger partial charge is 0.365 e. The van der Waals surface area contributed by atoms with E-state index in [0.29, 0.717) is 11.6 Å². The Morgan fingerprint density at radius 1 is 1.00 bits per heavy atom. The Hall–Kier alpha value is -2.27. The van der Waals surface area contributed by atoms with Crippen LogP contribution in [-0.2, 0) is 4.79 Å². The zero-order valence-electron chi connectivity index (χ0n) is 13.9. The van der Waals surface area contributed by atoms with Crippen LogP contribution in [-0.4, -0.2) is 16.5 Å². The van der Waals surface area contributed by atoms with Gasteiger partial charge in [-0.1, -0.05) is 43.7 Å². The van der Waals surface area contributed by atoms with Crippen molar-refractivity contribution in [1.82, 2.24) is 0 Å². The van der Waals surface area contributed by atoms with Crippen molar-refractivity contribution in [3.8, 4) is 0 Å². The normalized spacial score (nSPS) is 17.7. The van der Waals surface area contributed by atoms with E-state index < -0.39 is 5.37 Å². The Labute approximate surface area is 146 Å². The molecule has 1 atom stereocenters. The van der Waals surface area contributed by atoms with Gasteiger partial charge in [-0.25, -0.2) is 4.90 Å². The maximum atomic E-state index is 12.6.